The first-order valence-electron chi connectivity index (χ1n) is 7.27. The topological polar surface area (TPSA) is 69.6 Å². The van der Waals surface area contributed by atoms with Crippen LogP contribution < -0.4 is 10.2 Å². The number of amides is 2. The summed E-state index contributed by atoms with van der Waals surface area (Å²) in [6, 6.07) is 7.67. The zero-order chi connectivity index (χ0) is 15.6. The molecule has 0 radical (unpaired) electrons. The Bertz CT molecular complexity index is 558. The van der Waals surface area contributed by atoms with E-state index in [4.69, 9.17) is 0 Å². The molecule has 0 saturated carbocycles. The van der Waals surface area contributed by atoms with Crippen molar-refractivity contribution < 1.29 is 14.7 Å². The van der Waals surface area contributed by atoms with Crippen molar-refractivity contribution >= 4 is 17.7 Å². The summed E-state index contributed by atoms with van der Waals surface area (Å²) in [5.41, 5.74) is 1.13. The van der Waals surface area contributed by atoms with Crippen molar-refractivity contribution in [2.24, 2.45) is 5.41 Å². The number of anilines is 1. The minimum absolute atomic E-state index is 0.0834. The van der Waals surface area contributed by atoms with Crippen LogP contribution in [0, 0.1) is 5.41 Å². The molecule has 0 bridgehead atoms. The molecule has 114 valence electrons. The average Bonchev–Trinajstić information content (AvgIpc) is 2.80. The molecule has 2 atom stereocenters. The van der Waals surface area contributed by atoms with Crippen molar-refractivity contribution in [3.05, 3.63) is 29.8 Å². The van der Waals surface area contributed by atoms with Crippen molar-refractivity contribution in [1.29, 1.82) is 0 Å². The van der Waals surface area contributed by atoms with Crippen molar-refractivity contribution in [3.8, 4) is 0 Å². The molecule has 2 unspecified atom stereocenters. The van der Waals surface area contributed by atoms with Crippen LogP contribution in [-0.2, 0) is 11.2 Å². The Labute approximate surface area is 125 Å². The molecule has 0 aliphatic carbocycles. The van der Waals surface area contributed by atoms with Crippen LogP contribution in [0.3, 0.4) is 0 Å². The molecular formula is C16H22N2O3. The molecule has 2 amide bonds. The van der Waals surface area contributed by atoms with Gasteiger partial charge in [0.25, 0.3) is 0 Å². The second-order valence-electron chi connectivity index (χ2n) is 5.93. The first-order valence-corrected chi connectivity index (χ1v) is 7.27. The van der Waals surface area contributed by atoms with Gasteiger partial charge in [0.15, 0.2) is 0 Å². The normalized spacial score (nSPS) is 19.8. The predicted octanol–water partition coefficient (Wildman–Crippen LogP) is 2.65. The first kappa shape index (κ1) is 15.4. The molecule has 1 aliphatic rings. The maximum Gasteiger partial charge on any atom is 0.322 e. The highest BCUT2D eigenvalue weighted by molar-refractivity contribution is 5.95. The molecular weight excluding hydrogens is 268 g/mol. The maximum absolute atomic E-state index is 12.4. The number of fused-ring (bicyclic) bond motifs is 1. The van der Waals surface area contributed by atoms with Gasteiger partial charge in [0.1, 0.15) is 0 Å². The Morgan fingerprint density at radius 3 is 2.71 bits per heavy atom. The number of aliphatic carboxylic acids is 1. The third-order valence-electron chi connectivity index (χ3n) is 4.35. The molecule has 0 fully saturated rings. The molecule has 0 spiro atoms. The van der Waals surface area contributed by atoms with Gasteiger partial charge in [0.05, 0.1) is 5.41 Å². The fourth-order valence-electron chi connectivity index (χ4n) is 2.58. The predicted molar refractivity (Wildman–Crippen MR) is 81.5 cm³/mol. The number of nitrogens with one attached hydrogen (secondary N) is 1. The lowest BCUT2D eigenvalue weighted by atomic mass is 9.88. The number of nitrogens with zero attached hydrogens (tertiary/aromatic N) is 1. The quantitative estimate of drug-likeness (QED) is 0.895. The monoisotopic (exact) mass is 290 g/mol. The van der Waals surface area contributed by atoms with Crippen molar-refractivity contribution in [2.45, 2.75) is 39.7 Å². The number of carboxylic acid groups (broad SMARTS) is 1. The highest BCUT2D eigenvalue weighted by atomic mass is 16.4. The van der Waals surface area contributed by atoms with Crippen LogP contribution in [0.2, 0.25) is 0 Å². The molecule has 2 N–H and O–H groups in total. The number of carbonyl (C=O) groups excluding carboxylic acids is 1. The van der Waals surface area contributed by atoms with Crippen molar-refractivity contribution in [2.75, 3.05) is 11.4 Å². The Hall–Kier alpha value is -2.04. The highest BCUT2D eigenvalue weighted by Crippen LogP contribution is 2.31. The lowest BCUT2D eigenvalue weighted by Crippen LogP contribution is -2.48. The van der Waals surface area contributed by atoms with Crippen molar-refractivity contribution in [1.82, 2.24) is 5.32 Å². The minimum Gasteiger partial charge on any atom is -0.481 e. The fraction of sp³-hybridized carbons (Fsp3) is 0.500. The van der Waals surface area contributed by atoms with Crippen LogP contribution in [0.4, 0.5) is 10.5 Å². The summed E-state index contributed by atoms with van der Waals surface area (Å²) in [6.07, 6.45) is 1.29. The summed E-state index contributed by atoms with van der Waals surface area (Å²) < 4.78 is 0. The molecule has 1 aliphatic heterocycles. The number of carbonyl (C=O) groups is 2. The first-order chi connectivity index (χ1) is 9.89. The molecule has 2 rings (SSSR count). The second kappa shape index (κ2) is 5.76. The third-order valence-corrected chi connectivity index (χ3v) is 4.35. The van der Waals surface area contributed by atoms with Crippen LogP contribution in [-0.4, -0.2) is 29.7 Å². The van der Waals surface area contributed by atoms with Gasteiger partial charge in [-0.25, -0.2) is 4.79 Å². The van der Waals surface area contributed by atoms with Gasteiger partial charge in [-0.05, 0) is 38.3 Å². The summed E-state index contributed by atoms with van der Waals surface area (Å²) in [7, 11) is 0. The van der Waals surface area contributed by atoms with Gasteiger partial charge in [-0.15, -0.1) is 0 Å². The summed E-state index contributed by atoms with van der Waals surface area (Å²) >= 11 is 0. The smallest absolute Gasteiger partial charge is 0.322 e. The minimum atomic E-state index is -0.932. The van der Waals surface area contributed by atoms with Gasteiger partial charge >= 0.3 is 12.0 Å². The summed E-state index contributed by atoms with van der Waals surface area (Å²) in [5.74, 6) is -0.889. The van der Waals surface area contributed by atoms with E-state index in [0.29, 0.717) is 6.42 Å². The summed E-state index contributed by atoms with van der Waals surface area (Å²) in [6.45, 7) is 5.59. The van der Waals surface area contributed by atoms with Gasteiger partial charge in [0.2, 0.25) is 0 Å². The van der Waals surface area contributed by atoms with Crippen LogP contribution in [0.5, 0.6) is 0 Å². The van der Waals surface area contributed by atoms with Crippen LogP contribution in [0.15, 0.2) is 24.3 Å². The Morgan fingerprint density at radius 1 is 1.43 bits per heavy atom. The number of benzene rings is 1. The van der Waals surface area contributed by atoms with E-state index in [1.54, 1.807) is 11.8 Å². The van der Waals surface area contributed by atoms with E-state index in [9.17, 15) is 14.7 Å². The Kier molecular flexibility index (Phi) is 4.21. The van der Waals surface area contributed by atoms with E-state index < -0.39 is 11.4 Å². The number of carboxylic acids is 1. The van der Waals surface area contributed by atoms with Gasteiger partial charge < -0.3 is 10.4 Å². The van der Waals surface area contributed by atoms with E-state index in [2.05, 4.69) is 5.32 Å². The number of urea groups is 1. The average molecular weight is 290 g/mol. The molecule has 1 aromatic carbocycles. The van der Waals surface area contributed by atoms with Crippen LogP contribution in [0.25, 0.3) is 0 Å². The van der Waals surface area contributed by atoms with Gasteiger partial charge in [-0.3, -0.25) is 9.69 Å². The maximum atomic E-state index is 12.4. The highest BCUT2D eigenvalue weighted by Gasteiger charge is 2.34. The number of para-hydroxylation sites is 1. The molecule has 0 aromatic heterocycles. The van der Waals surface area contributed by atoms with Crippen molar-refractivity contribution in [3.63, 3.8) is 0 Å². The second-order valence-corrected chi connectivity index (χ2v) is 5.93. The number of rotatable bonds is 4. The number of hydrogen-bond acceptors (Lipinski definition) is 2. The van der Waals surface area contributed by atoms with Crippen LogP contribution >= 0.6 is 0 Å². The Balaban J connectivity index is 2.09. The number of hydrogen-bond donors (Lipinski definition) is 2. The fourth-order valence-corrected chi connectivity index (χ4v) is 2.58. The van der Waals surface area contributed by atoms with E-state index >= 15 is 0 Å². The SMILES string of the molecule is CCC(C)(CNC(=O)N1c2ccccc2CC1C)C(=O)O. The molecule has 1 aromatic rings. The van der Waals surface area contributed by atoms with Gasteiger partial charge in [0, 0.05) is 18.3 Å². The van der Waals surface area contributed by atoms with E-state index in [-0.39, 0.29) is 18.6 Å². The standard InChI is InChI=1S/C16H22N2O3/c1-4-16(3,14(19)20)10-17-15(21)18-11(2)9-12-7-5-6-8-13(12)18/h5-8,11H,4,9-10H2,1-3H3,(H,17,21)(H,19,20). The molecule has 21 heavy (non-hydrogen) atoms. The zero-order valence-corrected chi connectivity index (χ0v) is 12.7. The van der Waals surface area contributed by atoms with E-state index in [0.717, 1.165) is 17.7 Å². The van der Waals surface area contributed by atoms with E-state index in [1.807, 2.05) is 38.1 Å². The largest absolute Gasteiger partial charge is 0.481 e. The molecule has 5 nitrogen and oxygen atoms in total. The van der Waals surface area contributed by atoms with Gasteiger partial charge in [-0.1, -0.05) is 25.1 Å². The molecule has 0 saturated heterocycles. The van der Waals surface area contributed by atoms with E-state index in [1.165, 1.54) is 0 Å². The lowest BCUT2D eigenvalue weighted by Gasteiger charge is -2.27. The van der Waals surface area contributed by atoms with Crippen LogP contribution in [0.1, 0.15) is 32.8 Å². The molecule has 1 heterocycles. The summed E-state index contributed by atoms with van der Waals surface area (Å²) in [5, 5.41) is 12.0. The molecule has 5 heteroatoms. The third kappa shape index (κ3) is 2.86. The Morgan fingerprint density at radius 2 is 2.10 bits per heavy atom. The van der Waals surface area contributed by atoms with Gasteiger partial charge in [-0.2, -0.15) is 0 Å². The summed E-state index contributed by atoms with van der Waals surface area (Å²) in [4.78, 5) is 25.4. The lowest BCUT2D eigenvalue weighted by molar-refractivity contribution is -0.147. The zero-order valence-electron chi connectivity index (χ0n) is 12.7.